The maximum atomic E-state index is 12.5. The average Bonchev–Trinajstić information content (AvgIpc) is 2.96. The third kappa shape index (κ3) is 3.98. The Bertz CT molecular complexity index is 594. The monoisotopic (exact) mass is 343 g/mol. The summed E-state index contributed by atoms with van der Waals surface area (Å²) in [5.41, 5.74) is 0.0380. The Hall–Kier alpha value is -1.83. The molecule has 0 aliphatic carbocycles. The number of carbonyl (C=O) groups excluding carboxylic acids is 1. The quantitative estimate of drug-likeness (QED) is 0.912. The molecular formula is C16H20F3N3O2. The zero-order valence-corrected chi connectivity index (χ0v) is 13.2. The number of carbonyl (C=O) groups is 1. The normalized spacial score (nSPS) is 24.5. The van der Waals surface area contributed by atoms with Gasteiger partial charge in [-0.05, 0) is 37.9 Å². The molecule has 1 N–H and O–H groups in total. The molecule has 24 heavy (non-hydrogen) atoms. The lowest BCUT2D eigenvalue weighted by molar-refractivity contribution is -0.154. The number of nitrogens with zero attached hydrogens (tertiary/aromatic N) is 2. The molecule has 132 valence electrons. The molecule has 0 saturated carbocycles. The minimum Gasteiger partial charge on any atom is -0.467 e. The highest BCUT2D eigenvalue weighted by atomic mass is 19.4. The number of ether oxygens (including phenoxy) is 1. The van der Waals surface area contributed by atoms with E-state index in [1.165, 1.54) is 24.8 Å². The average molecular weight is 343 g/mol. The zero-order chi connectivity index (χ0) is 17.2. The predicted octanol–water partition coefficient (Wildman–Crippen LogP) is 2.38. The van der Waals surface area contributed by atoms with E-state index in [0.29, 0.717) is 6.04 Å². The van der Waals surface area contributed by atoms with E-state index in [2.05, 4.69) is 19.9 Å². The summed E-state index contributed by atoms with van der Waals surface area (Å²) in [5, 5.41) is 2.95. The number of nitrogens with one attached hydrogen (secondary N) is 1. The summed E-state index contributed by atoms with van der Waals surface area (Å²) >= 11 is 0. The van der Waals surface area contributed by atoms with Crippen LogP contribution in [0.2, 0.25) is 0 Å². The molecule has 8 heteroatoms. The van der Waals surface area contributed by atoms with E-state index in [9.17, 15) is 18.0 Å². The first-order valence-electron chi connectivity index (χ1n) is 8.13. The second-order valence-electron chi connectivity index (χ2n) is 6.23. The standard InChI is InChI=1S/C16H20F3N3O2/c17-16(18,19)10-24-15-11(4-3-7-20-15)14(23)21-12-6-9-22-8-2-1-5-13(12)22/h3-4,7,12-13H,1-2,5-6,8-10H2,(H,21,23)/t12-,13+/m0/s1. The number of hydrogen-bond donors (Lipinski definition) is 1. The fourth-order valence-electron chi connectivity index (χ4n) is 3.49. The van der Waals surface area contributed by atoms with Crippen molar-refractivity contribution in [2.24, 2.45) is 0 Å². The number of amides is 1. The fraction of sp³-hybridized carbons (Fsp3) is 0.625. The van der Waals surface area contributed by atoms with Crippen LogP contribution in [0.1, 0.15) is 36.0 Å². The van der Waals surface area contributed by atoms with Crippen molar-refractivity contribution >= 4 is 5.91 Å². The molecule has 0 radical (unpaired) electrons. The summed E-state index contributed by atoms with van der Waals surface area (Å²) in [6, 6.07) is 3.28. The van der Waals surface area contributed by atoms with Gasteiger partial charge in [-0.1, -0.05) is 6.42 Å². The van der Waals surface area contributed by atoms with Crippen molar-refractivity contribution in [3.05, 3.63) is 23.9 Å². The maximum absolute atomic E-state index is 12.5. The Morgan fingerprint density at radius 3 is 2.96 bits per heavy atom. The van der Waals surface area contributed by atoms with Crippen LogP contribution in [0.15, 0.2) is 18.3 Å². The first-order chi connectivity index (χ1) is 11.4. The summed E-state index contributed by atoms with van der Waals surface area (Å²) < 4.78 is 41.7. The van der Waals surface area contributed by atoms with E-state index in [1.54, 1.807) is 0 Å². The highest BCUT2D eigenvalue weighted by Crippen LogP contribution is 2.28. The van der Waals surface area contributed by atoms with Crippen LogP contribution < -0.4 is 10.1 Å². The minimum absolute atomic E-state index is 0.0217. The van der Waals surface area contributed by atoms with Crippen LogP contribution in [0.5, 0.6) is 5.88 Å². The summed E-state index contributed by atoms with van der Waals surface area (Å²) in [7, 11) is 0. The topological polar surface area (TPSA) is 54.5 Å². The highest BCUT2D eigenvalue weighted by Gasteiger charge is 2.37. The minimum atomic E-state index is -4.47. The molecule has 0 aromatic carbocycles. The molecule has 2 atom stereocenters. The number of rotatable bonds is 4. The van der Waals surface area contributed by atoms with Gasteiger partial charge in [0, 0.05) is 24.8 Å². The molecule has 1 aromatic heterocycles. The Labute approximate surface area is 138 Å². The second-order valence-corrected chi connectivity index (χ2v) is 6.23. The molecule has 2 fully saturated rings. The van der Waals surface area contributed by atoms with Gasteiger partial charge in [-0.25, -0.2) is 4.98 Å². The molecule has 0 unspecified atom stereocenters. The number of pyridine rings is 1. The summed E-state index contributed by atoms with van der Waals surface area (Å²) in [5.74, 6) is -0.719. The molecular weight excluding hydrogens is 323 g/mol. The Balaban J connectivity index is 1.67. The van der Waals surface area contributed by atoms with Gasteiger partial charge in [0.1, 0.15) is 5.56 Å². The van der Waals surface area contributed by atoms with Gasteiger partial charge in [0.25, 0.3) is 5.91 Å². The molecule has 3 heterocycles. The lowest BCUT2D eigenvalue weighted by atomic mass is 9.99. The first kappa shape index (κ1) is 17.0. The third-order valence-electron chi connectivity index (χ3n) is 4.56. The molecule has 2 aliphatic heterocycles. The summed E-state index contributed by atoms with van der Waals surface area (Å²) in [4.78, 5) is 18.6. The van der Waals surface area contributed by atoms with Gasteiger partial charge in [-0.2, -0.15) is 13.2 Å². The highest BCUT2D eigenvalue weighted by molar-refractivity contribution is 5.96. The van der Waals surface area contributed by atoms with Crippen LogP contribution in [0.4, 0.5) is 13.2 Å². The van der Waals surface area contributed by atoms with Crippen LogP contribution in [0.3, 0.4) is 0 Å². The van der Waals surface area contributed by atoms with Crippen LogP contribution in [0, 0.1) is 0 Å². The number of alkyl halides is 3. The van der Waals surface area contributed by atoms with Crippen molar-refractivity contribution in [3.63, 3.8) is 0 Å². The van der Waals surface area contributed by atoms with Gasteiger partial charge in [0.15, 0.2) is 6.61 Å². The number of halogens is 3. The van der Waals surface area contributed by atoms with Crippen molar-refractivity contribution in [2.45, 2.75) is 43.9 Å². The molecule has 0 bridgehead atoms. The van der Waals surface area contributed by atoms with E-state index in [4.69, 9.17) is 0 Å². The van der Waals surface area contributed by atoms with Gasteiger partial charge in [0.2, 0.25) is 5.88 Å². The van der Waals surface area contributed by atoms with E-state index >= 15 is 0 Å². The Morgan fingerprint density at radius 2 is 2.17 bits per heavy atom. The number of piperidine rings is 1. The second kappa shape index (κ2) is 6.96. The van der Waals surface area contributed by atoms with E-state index in [0.717, 1.165) is 32.4 Å². The van der Waals surface area contributed by atoms with Crippen molar-refractivity contribution in [1.29, 1.82) is 0 Å². The molecule has 2 saturated heterocycles. The van der Waals surface area contributed by atoms with Gasteiger partial charge in [0.05, 0.1) is 0 Å². The molecule has 1 aromatic rings. The SMILES string of the molecule is O=C(N[C@H]1CCN2CCCC[C@H]12)c1cccnc1OCC(F)(F)F. The summed E-state index contributed by atoms with van der Waals surface area (Å²) in [6.07, 6.45) is 1.04. The van der Waals surface area contributed by atoms with Gasteiger partial charge < -0.3 is 10.1 Å². The van der Waals surface area contributed by atoms with Crippen molar-refractivity contribution in [3.8, 4) is 5.88 Å². The van der Waals surface area contributed by atoms with Gasteiger partial charge in [-0.3, -0.25) is 9.69 Å². The van der Waals surface area contributed by atoms with Crippen LogP contribution >= 0.6 is 0 Å². The third-order valence-corrected chi connectivity index (χ3v) is 4.56. The van der Waals surface area contributed by atoms with E-state index in [-0.39, 0.29) is 17.5 Å². The number of aromatic nitrogens is 1. The van der Waals surface area contributed by atoms with E-state index < -0.39 is 18.7 Å². The molecule has 2 aliphatic rings. The number of hydrogen-bond acceptors (Lipinski definition) is 4. The largest absolute Gasteiger partial charge is 0.467 e. The van der Waals surface area contributed by atoms with Crippen LogP contribution in [-0.4, -0.2) is 53.7 Å². The smallest absolute Gasteiger partial charge is 0.422 e. The fourth-order valence-corrected chi connectivity index (χ4v) is 3.49. The van der Waals surface area contributed by atoms with E-state index in [1.807, 2.05) is 0 Å². The molecule has 5 nitrogen and oxygen atoms in total. The maximum Gasteiger partial charge on any atom is 0.422 e. The van der Waals surface area contributed by atoms with Crippen molar-refractivity contribution in [2.75, 3.05) is 19.7 Å². The van der Waals surface area contributed by atoms with Gasteiger partial charge >= 0.3 is 6.18 Å². The number of fused-ring (bicyclic) bond motifs is 1. The van der Waals surface area contributed by atoms with Crippen molar-refractivity contribution in [1.82, 2.24) is 15.2 Å². The van der Waals surface area contributed by atoms with Crippen LogP contribution in [-0.2, 0) is 0 Å². The van der Waals surface area contributed by atoms with Crippen molar-refractivity contribution < 1.29 is 22.7 Å². The lowest BCUT2D eigenvalue weighted by Crippen LogP contribution is -2.46. The molecule has 1 amide bonds. The van der Waals surface area contributed by atoms with Crippen LogP contribution in [0.25, 0.3) is 0 Å². The Kier molecular flexibility index (Phi) is 4.93. The molecule has 0 spiro atoms. The summed E-state index contributed by atoms with van der Waals surface area (Å²) in [6.45, 7) is 0.522. The first-order valence-corrected chi connectivity index (χ1v) is 8.13. The predicted molar refractivity (Wildman–Crippen MR) is 80.9 cm³/mol. The molecule has 3 rings (SSSR count). The van der Waals surface area contributed by atoms with Gasteiger partial charge in [-0.15, -0.1) is 0 Å². The zero-order valence-electron chi connectivity index (χ0n) is 13.2. The Morgan fingerprint density at radius 1 is 1.33 bits per heavy atom. The lowest BCUT2D eigenvalue weighted by Gasteiger charge is -2.32.